The molecule has 2 heterocycles. The molecule has 1 aromatic heterocycles. The molecule has 1 aromatic rings. The molecular formula is C12H19NO2S. The molecule has 0 bridgehead atoms. The van der Waals surface area contributed by atoms with Crippen LogP contribution in [0.4, 0.5) is 0 Å². The molecule has 1 aliphatic rings. The van der Waals surface area contributed by atoms with Crippen molar-refractivity contribution in [3.05, 3.63) is 21.9 Å². The fourth-order valence-corrected chi connectivity index (χ4v) is 2.81. The number of aryl methyl sites for hydroxylation is 1. The van der Waals surface area contributed by atoms with Crippen molar-refractivity contribution >= 4 is 11.3 Å². The van der Waals surface area contributed by atoms with Gasteiger partial charge < -0.3 is 14.8 Å². The van der Waals surface area contributed by atoms with E-state index in [1.807, 2.05) is 11.3 Å². The second-order valence-electron chi connectivity index (χ2n) is 4.31. The summed E-state index contributed by atoms with van der Waals surface area (Å²) < 4.78 is 11.0. The van der Waals surface area contributed by atoms with Crippen molar-refractivity contribution < 1.29 is 9.47 Å². The fourth-order valence-electron chi connectivity index (χ4n) is 1.95. The first-order valence-corrected chi connectivity index (χ1v) is 6.45. The van der Waals surface area contributed by atoms with Gasteiger partial charge in [0.25, 0.3) is 0 Å². The van der Waals surface area contributed by atoms with Gasteiger partial charge in [0.15, 0.2) is 0 Å². The Morgan fingerprint density at radius 1 is 1.56 bits per heavy atom. The van der Waals surface area contributed by atoms with Crippen molar-refractivity contribution in [2.75, 3.05) is 26.9 Å². The van der Waals surface area contributed by atoms with Crippen molar-refractivity contribution in [3.8, 4) is 0 Å². The van der Waals surface area contributed by atoms with Gasteiger partial charge in [0, 0.05) is 43.0 Å². The van der Waals surface area contributed by atoms with Crippen LogP contribution in [-0.2, 0) is 16.0 Å². The Morgan fingerprint density at radius 3 is 3.00 bits per heavy atom. The SMILES string of the molecule is COC1(CNCc2ccc(C)s2)CCOC1. The molecule has 1 aliphatic heterocycles. The minimum absolute atomic E-state index is 0.105. The van der Waals surface area contributed by atoms with Gasteiger partial charge in [0.05, 0.1) is 6.61 Å². The number of rotatable bonds is 5. The summed E-state index contributed by atoms with van der Waals surface area (Å²) >= 11 is 1.84. The van der Waals surface area contributed by atoms with E-state index in [9.17, 15) is 0 Å². The largest absolute Gasteiger partial charge is 0.378 e. The summed E-state index contributed by atoms with van der Waals surface area (Å²) in [5.74, 6) is 0. The maximum absolute atomic E-state index is 5.56. The van der Waals surface area contributed by atoms with Crippen LogP contribution in [0.5, 0.6) is 0 Å². The highest BCUT2D eigenvalue weighted by atomic mass is 32.1. The average Bonchev–Trinajstić information content (AvgIpc) is 2.89. The van der Waals surface area contributed by atoms with Crippen LogP contribution in [0.15, 0.2) is 12.1 Å². The Kier molecular flexibility index (Phi) is 3.97. The number of nitrogens with one attached hydrogen (secondary N) is 1. The van der Waals surface area contributed by atoms with Crippen LogP contribution in [0.1, 0.15) is 16.2 Å². The molecule has 1 unspecified atom stereocenters. The second kappa shape index (κ2) is 5.27. The van der Waals surface area contributed by atoms with Crippen LogP contribution in [-0.4, -0.2) is 32.5 Å². The van der Waals surface area contributed by atoms with E-state index in [2.05, 4.69) is 24.4 Å². The van der Waals surface area contributed by atoms with Gasteiger partial charge in [-0.25, -0.2) is 0 Å². The lowest BCUT2D eigenvalue weighted by molar-refractivity contribution is -0.0158. The van der Waals surface area contributed by atoms with Crippen LogP contribution in [0.25, 0.3) is 0 Å². The molecule has 1 N–H and O–H groups in total. The summed E-state index contributed by atoms with van der Waals surface area (Å²) in [5, 5.41) is 3.45. The van der Waals surface area contributed by atoms with Gasteiger partial charge in [0.1, 0.15) is 5.60 Å². The highest BCUT2D eigenvalue weighted by molar-refractivity contribution is 7.11. The van der Waals surface area contributed by atoms with Crippen LogP contribution >= 0.6 is 11.3 Å². The third-order valence-electron chi connectivity index (χ3n) is 3.04. The van der Waals surface area contributed by atoms with E-state index in [1.54, 1.807) is 7.11 Å². The van der Waals surface area contributed by atoms with E-state index >= 15 is 0 Å². The van der Waals surface area contributed by atoms with Gasteiger partial charge in [-0.3, -0.25) is 0 Å². The lowest BCUT2D eigenvalue weighted by Crippen LogP contribution is -2.42. The summed E-state index contributed by atoms with van der Waals surface area (Å²) in [4.78, 5) is 2.74. The van der Waals surface area contributed by atoms with Gasteiger partial charge in [-0.15, -0.1) is 11.3 Å². The molecule has 0 spiro atoms. The van der Waals surface area contributed by atoms with Crippen molar-refractivity contribution in [3.63, 3.8) is 0 Å². The smallest absolute Gasteiger partial charge is 0.106 e. The van der Waals surface area contributed by atoms with Gasteiger partial charge in [-0.05, 0) is 19.1 Å². The Morgan fingerprint density at radius 2 is 2.44 bits per heavy atom. The number of hydrogen-bond donors (Lipinski definition) is 1. The van der Waals surface area contributed by atoms with Gasteiger partial charge in [-0.1, -0.05) is 0 Å². The normalized spacial score (nSPS) is 25.1. The molecular weight excluding hydrogens is 222 g/mol. The summed E-state index contributed by atoms with van der Waals surface area (Å²) in [6.07, 6.45) is 0.986. The lowest BCUT2D eigenvalue weighted by Gasteiger charge is -2.25. The Labute approximate surface area is 101 Å². The number of thiophene rings is 1. The fraction of sp³-hybridized carbons (Fsp3) is 0.667. The first kappa shape index (κ1) is 12.0. The van der Waals surface area contributed by atoms with Crippen molar-refractivity contribution in [1.82, 2.24) is 5.32 Å². The molecule has 2 rings (SSSR count). The molecule has 3 nitrogen and oxygen atoms in total. The molecule has 0 aliphatic carbocycles. The van der Waals surface area contributed by atoms with E-state index < -0.39 is 0 Å². The van der Waals surface area contributed by atoms with Gasteiger partial charge >= 0.3 is 0 Å². The van der Waals surface area contributed by atoms with Crippen LogP contribution in [0, 0.1) is 6.92 Å². The van der Waals surface area contributed by atoms with Crippen molar-refractivity contribution in [2.24, 2.45) is 0 Å². The summed E-state index contributed by atoms with van der Waals surface area (Å²) in [5.41, 5.74) is -0.105. The zero-order valence-corrected chi connectivity index (χ0v) is 10.7. The van der Waals surface area contributed by atoms with Crippen molar-refractivity contribution in [1.29, 1.82) is 0 Å². The Bertz CT molecular complexity index is 332. The highest BCUT2D eigenvalue weighted by Gasteiger charge is 2.34. The monoisotopic (exact) mass is 241 g/mol. The molecule has 0 saturated carbocycles. The zero-order chi connectivity index (χ0) is 11.4. The van der Waals surface area contributed by atoms with Crippen LogP contribution in [0.3, 0.4) is 0 Å². The van der Waals surface area contributed by atoms with Crippen molar-refractivity contribution in [2.45, 2.75) is 25.5 Å². The molecule has 1 fully saturated rings. The molecule has 1 saturated heterocycles. The molecule has 90 valence electrons. The maximum atomic E-state index is 5.56. The molecule has 0 aromatic carbocycles. The standard InChI is InChI=1S/C12H19NO2S/c1-10-3-4-11(16-10)7-13-8-12(14-2)5-6-15-9-12/h3-4,13H,5-9H2,1-2H3. The quantitative estimate of drug-likeness (QED) is 0.854. The predicted molar refractivity (Wildman–Crippen MR) is 65.9 cm³/mol. The predicted octanol–water partition coefficient (Wildman–Crippen LogP) is 1.95. The molecule has 16 heavy (non-hydrogen) atoms. The topological polar surface area (TPSA) is 30.5 Å². The first-order chi connectivity index (χ1) is 7.74. The Hall–Kier alpha value is -0.420. The van der Waals surface area contributed by atoms with Crippen LogP contribution in [0.2, 0.25) is 0 Å². The lowest BCUT2D eigenvalue weighted by atomic mass is 10.0. The molecule has 0 amide bonds. The van der Waals surface area contributed by atoms with Gasteiger partial charge in [0.2, 0.25) is 0 Å². The number of methoxy groups -OCH3 is 1. The van der Waals surface area contributed by atoms with E-state index in [0.717, 1.165) is 26.1 Å². The number of hydrogen-bond acceptors (Lipinski definition) is 4. The van der Waals surface area contributed by atoms with E-state index in [1.165, 1.54) is 9.75 Å². The van der Waals surface area contributed by atoms with E-state index in [0.29, 0.717) is 6.61 Å². The van der Waals surface area contributed by atoms with Crippen LogP contribution < -0.4 is 5.32 Å². The molecule has 1 atom stereocenters. The summed E-state index contributed by atoms with van der Waals surface area (Å²) in [6, 6.07) is 4.34. The summed E-state index contributed by atoms with van der Waals surface area (Å²) in [6.45, 7) is 5.44. The van der Waals surface area contributed by atoms with Gasteiger partial charge in [-0.2, -0.15) is 0 Å². The molecule has 0 radical (unpaired) electrons. The zero-order valence-electron chi connectivity index (χ0n) is 9.91. The minimum Gasteiger partial charge on any atom is -0.378 e. The maximum Gasteiger partial charge on any atom is 0.106 e. The molecule has 4 heteroatoms. The summed E-state index contributed by atoms with van der Waals surface area (Å²) in [7, 11) is 1.77. The minimum atomic E-state index is -0.105. The third kappa shape index (κ3) is 2.83. The second-order valence-corrected chi connectivity index (χ2v) is 5.68. The number of ether oxygens (including phenoxy) is 2. The highest BCUT2D eigenvalue weighted by Crippen LogP contribution is 2.22. The third-order valence-corrected chi connectivity index (χ3v) is 4.04. The average molecular weight is 241 g/mol. The van der Waals surface area contributed by atoms with E-state index in [-0.39, 0.29) is 5.60 Å². The first-order valence-electron chi connectivity index (χ1n) is 5.63. The van der Waals surface area contributed by atoms with E-state index in [4.69, 9.17) is 9.47 Å². The Balaban J connectivity index is 1.78.